The normalized spacial score (nSPS) is 10.0. The van der Waals surface area contributed by atoms with E-state index in [1.165, 1.54) is 18.7 Å². The van der Waals surface area contributed by atoms with Gasteiger partial charge in [-0.3, -0.25) is 4.79 Å². The molecule has 0 saturated carbocycles. The quantitative estimate of drug-likeness (QED) is 0.865. The number of aromatic nitrogens is 3. The smallest absolute Gasteiger partial charge is 0.258 e. The lowest BCUT2D eigenvalue weighted by Gasteiger charge is -2.06. The van der Waals surface area contributed by atoms with Crippen molar-refractivity contribution < 1.29 is 4.79 Å². The van der Waals surface area contributed by atoms with Crippen LogP contribution in [-0.2, 0) is 0 Å². The lowest BCUT2D eigenvalue weighted by atomic mass is 10.3. The van der Waals surface area contributed by atoms with Crippen molar-refractivity contribution >= 4 is 39.1 Å². The average molecular weight is 314 g/mol. The summed E-state index contributed by atoms with van der Waals surface area (Å²) < 4.78 is 0.724. The predicted molar refractivity (Wildman–Crippen MR) is 66.9 cm³/mol. The Morgan fingerprint density at radius 2 is 2.00 bits per heavy atom. The van der Waals surface area contributed by atoms with Gasteiger partial charge in [0.2, 0.25) is 0 Å². The van der Waals surface area contributed by atoms with Gasteiger partial charge in [0, 0.05) is 23.1 Å². The van der Waals surface area contributed by atoms with E-state index in [-0.39, 0.29) is 11.1 Å². The number of nitrogens with one attached hydrogen (secondary N) is 1. The zero-order valence-electron chi connectivity index (χ0n) is 8.39. The molecule has 0 aliphatic carbocycles. The predicted octanol–water partition coefficient (Wildman–Crippen LogP) is 2.54. The van der Waals surface area contributed by atoms with E-state index in [0.717, 1.165) is 4.47 Å². The SMILES string of the molecule is O=C(Nc1cc(Br)cnc1Cl)c1cncnc1. The highest BCUT2D eigenvalue weighted by molar-refractivity contribution is 9.10. The second kappa shape index (κ2) is 5.20. The number of nitrogens with zero attached hydrogens (tertiary/aromatic N) is 3. The Hall–Kier alpha value is -1.53. The summed E-state index contributed by atoms with van der Waals surface area (Å²) in [6.07, 6.45) is 5.73. The van der Waals surface area contributed by atoms with Gasteiger partial charge >= 0.3 is 0 Å². The van der Waals surface area contributed by atoms with Crippen molar-refractivity contribution in [3.63, 3.8) is 0 Å². The summed E-state index contributed by atoms with van der Waals surface area (Å²) in [6, 6.07) is 1.66. The summed E-state index contributed by atoms with van der Waals surface area (Å²) in [6.45, 7) is 0. The monoisotopic (exact) mass is 312 g/mol. The highest BCUT2D eigenvalue weighted by Crippen LogP contribution is 2.23. The number of carbonyl (C=O) groups is 1. The molecule has 2 aromatic rings. The van der Waals surface area contributed by atoms with Crippen LogP contribution in [0.5, 0.6) is 0 Å². The van der Waals surface area contributed by atoms with Crippen LogP contribution < -0.4 is 5.32 Å². The van der Waals surface area contributed by atoms with Crippen molar-refractivity contribution in [1.29, 1.82) is 0 Å². The lowest BCUT2D eigenvalue weighted by molar-refractivity contribution is 0.102. The Kier molecular flexibility index (Phi) is 3.65. The van der Waals surface area contributed by atoms with Gasteiger partial charge in [0.1, 0.15) is 6.33 Å². The number of halogens is 2. The fraction of sp³-hybridized carbons (Fsp3) is 0. The number of pyridine rings is 1. The van der Waals surface area contributed by atoms with Crippen LogP contribution in [0.1, 0.15) is 10.4 Å². The van der Waals surface area contributed by atoms with Crippen LogP contribution in [0.3, 0.4) is 0 Å². The van der Waals surface area contributed by atoms with Crippen molar-refractivity contribution in [3.8, 4) is 0 Å². The number of hydrogen-bond acceptors (Lipinski definition) is 4. The third-order valence-corrected chi connectivity index (χ3v) is 2.61. The zero-order valence-corrected chi connectivity index (χ0v) is 10.7. The topological polar surface area (TPSA) is 67.8 Å². The van der Waals surface area contributed by atoms with Gasteiger partial charge in [-0.1, -0.05) is 11.6 Å². The third kappa shape index (κ3) is 2.98. The van der Waals surface area contributed by atoms with E-state index in [1.807, 2.05) is 0 Å². The van der Waals surface area contributed by atoms with Crippen molar-refractivity contribution in [2.75, 3.05) is 5.32 Å². The molecule has 0 fully saturated rings. The first-order valence-electron chi connectivity index (χ1n) is 4.54. The molecule has 0 spiro atoms. The molecule has 0 aliphatic heterocycles. The first-order chi connectivity index (χ1) is 8.16. The van der Waals surface area contributed by atoms with Gasteiger partial charge in [-0.15, -0.1) is 0 Å². The molecule has 17 heavy (non-hydrogen) atoms. The average Bonchev–Trinajstić information content (AvgIpc) is 2.35. The van der Waals surface area contributed by atoms with Crippen molar-refractivity contribution in [2.45, 2.75) is 0 Å². The molecule has 86 valence electrons. The van der Waals surface area contributed by atoms with Gasteiger partial charge < -0.3 is 5.32 Å². The molecule has 0 saturated heterocycles. The molecule has 0 atom stereocenters. The number of rotatable bonds is 2. The molecule has 0 unspecified atom stereocenters. The van der Waals surface area contributed by atoms with Crippen LogP contribution in [-0.4, -0.2) is 20.9 Å². The van der Waals surface area contributed by atoms with Gasteiger partial charge in [0.15, 0.2) is 5.15 Å². The Bertz CT molecular complexity index is 549. The minimum Gasteiger partial charge on any atom is -0.319 e. The molecule has 2 heterocycles. The Morgan fingerprint density at radius 1 is 1.29 bits per heavy atom. The van der Waals surface area contributed by atoms with Gasteiger partial charge in [-0.05, 0) is 22.0 Å². The number of anilines is 1. The number of carbonyl (C=O) groups excluding carboxylic acids is 1. The van der Waals surface area contributed by atoms with E-state index >= 15 is 0 Å². The van der Waals surface area contributed by atoms with Crippen molar-refractivity contribution in [3.05, 3.63) is 46.2 Å². The maximum atomic E-state index is 11.8. The van der Waals surface area contributed by atoms with E-state index in [1.54, 1.807) is 12.3 Å². The molecule has 0 aliphatic rings. The lowest BCUT2D eigenvalue weighted by Crippen LogP contribution is -2.13. The van der Waals surface area contributed by atoms with Crippen LogP contribution in [0.4, 0.5) is 5.69 Å². The number of hydrogen-bond donors (Lipinski definition) is 1. The van der Waals surface area contributed by atoms with Gasteiger partial charge in [-0.2, -0.15) is 0 Å². The molecule has 5 nitrogen and oxygen atoms in total. The van der Waals surface area contributed by atoms with E-state index < -0.39 is 0 Å². The molecular formula is C10H6BrClN4O. The van der Waals surface area contributed by atoms with Crippen LogP contribution in [0.15, 0.2) is 35.5 Å². The first-order valence-corrected chi connectivity index (χ1v) is 5.71. The molecule has 0 aromatic carbocycles. The fourth-order valence-corrected chi connectivity index (χ4v) is 1.60. The molecule has 0 bridgehead atoms. The van der Waals surface area contributed by atoms with E-state index in [4.69, 9.17) is 11.6 Å². The van der Waals surface area contributed by atoms with E-state index in [9.17, 15) is 4.79 Å². The summed E-state index contributed by atoms with van der Waals surface area (Å²) >= 11 is 9.10. The molecule has 2 rings (SSSR count). The second-order valence-electron chi connectivity index (χ2n) is 3.07. The molecule has 7 heteroatoms. The minimum absolute atomic E-state index is 0.221. The maximum absolute atomic E-state index is 11.8. The molecule has 2 aromatic heterocycles. The largest absolute Gasteiger partial charge is 0.319 e. The Balaban J connectivity index is 2.22. The van der Waals surface area contributed by atoms with E-state index in [2.05, 4.69) is 36.2 Å². The van der Waals surface area contributed by atoms with Gasteiger partial charge in [0.25, 0.3) is 5.91 Å². The van der Waals surface area contributed by atoms with Gasteiger partial charge in [0.05, 0.1) is 11.3 Å². The van der Waals surface area contributed by atoms with Gasteiger partial charge in [-0.25, -0.2) is 15.0 Å². The Morgan fingerprint density at radius 3 is 2.71 bits per heavy atom. The highest BCUT2D eigenvalue weighted by atomic mass is 79.9. The summed E-state index contributed by atoms with van der Waals surface area (Å²) in [7, 11) is 0. The standard InChI is InChI=1S/C10H6BrClN4O/c11-7-1-8(9(12)15-4-7)16-10(17)6-2-13-5-14-3-6/h1-5H,(H,16,17). The molecule has 0 radical (unpaired) electrons. The van der Waals surface area contributed by atoms with Crippen LogP contribution in [0.2, 0.25) is 5.15 Å². The fourth-order valence-electron chi connectivity index (χ4n) is 1.12. The third-order valence-electron chi connectivity index (χ3n) is 1.88. The summed E-state index contributed by atoms with van der Waals surface area (Å²) in [5.74, 6) is -0.340. The van der Waals surface area contributed by atoms with Crippen molar-refractivity contribution in [1.82, 2.24) is 15.0 Å². The zero-order chi connectivity index (χ0) is 12.3. The van der Waals surface area contributed by atoms with E-state index in [0.29, 0.717) is 11.3 Å². The molecule has 1 N–H and O–H groups in total. The van der Waals surface area contributed by atoms with Crippen molar-refractivity contribution in [2.24, 2.45) is 0 Å². The first kappa shape index (κ1) is 11.9. The van der Waals surface area contributed by atoms with Crippen LogP contribution in [0, 0.1) is 0 Å². The Labute approximate surface area is 110 Å². The minimum atomic E-state index is -0.340. The highest BCUT2D eigenvalue weighted by Gasteiger charge is 2.09. The molecule has 1 amide bonds. The maximum Gasteiger partial charge on any atom is 0.258 e. The summed E-state index contributed by atoms with van der Waals surface area (Å²) in [4.78, 5) is 23.2. The summed E-state index contributed by atoms with van der Waals surface area (Å²) in [5, 5.41) is 2.84. The summed E-state index contributed by atoms with van der Waals surface area (Å²) in [5.41, 5.74) is 0.776. The number of amides is 1. The molecular weight excluding hydrogens is 307 g/mol. The van der Waals surface area contributed by atoms with Crippen LogP contribution >= 0.6 is 27.5 Å². The second-order valence-corrected chi connectivity index (χ2v) is 4.35. The van der Waals surface area contributed by atoms with Crippen LogP contribution in [0.25, 0.3) is 0 Å².